The molecule has 1 rings (SSSR count). The summed E-state index contributed by atoms with van der Waals surface area (Å²) in [6, 6.07) is 0.722. The van der Waals surface area contributed by atoms with Crippen LogP contribution < -0.4 is 5.32 Å². The van der Waals surface area contributed by atoms with Crippen LogP contribution in [0.25, 0.3) is 0 Å². The molecule has 1 N–H and O–H groups in total. The molecule has 0 aromatic rings. The third kappa shape index (κ3) is 4.89. The van der Waals surface area contributed by atoms with E-state index in [1.165, 1.54) is 51.5 Å². The third-order valence-corrected chi connectivity index (χ3v) is 4.60. The van der Waals surface area contributed by atoms with E-state index in [4.69, 9.17) is 4.74 Å². The van der Waals surface area contributed by atoms with Gasteiger partial charge in [0, 0.05) is 19.8 Å². The van der Waals surface area contributed by atoms with E-state index in [-0.39, 0.29) is 0 Å². The summed E-state index contributed by atoms with van der Waals surface area (Å²) in [6.45, 7) is 9.26. The summed E-state index contributed by atoms with van der Waals surface area (Å²) in [5.41, 5.74) is 0.534. The lowest BCUT2D eigenvalue weighted by atomic mass is 9.76. The number of hydrogen-bond donors (Lipinski definition) is 1. The van der Waals surface area contributed by atoms with Crippen molar-refractivity contribution in [3.05, 3.63) is 0 Å². The molecular formula is C16H33NO. The maximum atomic E-state index is 5.15. The molecule has 0 amide bonds. The molecule has 0 bridgehead atoms. The van der Waals surface area contributed by atoms with Crippen molar-refractivity contribution in [2.45, 2.75) is 71.8 Å². The predicted molar refractivity (Wildman–Crippen MR) is 78.9 cm³/mol. The lowest BCUT2D eigenvalue weighted by molar-refractivity contribution is 0.171. The van der Waals surface area contributed by atoms with Crippen LogP contribution in [0, 0.1) is 11.3 Å². The summed E-state index contributed by atoms with van der Waals surface area (Å²) < 4.78 is 5.15. The zero-order valence-electron chi connectivity index (χ0n) is 12.9. The van der Waals surface area contributed by atoms with Crippen LogP contribution >= 0.6 is 0 Å². The van der Waals surface area contributed by atoms with E-state index in [1.807, 2.05) is 0 Å². The molecule has 108 valence electrons. The Balaban J connectivity index is 2.43. The molecule has 1 aliphatic rings. The van der Waals surface area contributed by atoms with Gasteiger partial charge in [0.1, 0.15) is 0 Å². The summed E-state index contributed by atoms with van der Waals surface area (Å²) in [4.78, 5) is 0. The molecule has 1 fully saturated rings. The topological polar surface area (TPSA) is 21.3 Å². The third-order valence-electron chi connectivity index (χ3n) is 4.60. The van der Waals surface area contributed by atoms with Crippen molar-refractivity contribution in [1.82, 2.24) is 5.32 Å². The molecular weight excluding hydrogens is 222 g/mol. The van der Waals surface area contributed by atoms with Crippen LogP contribution in [-0.2, 0) is 4.74 Å². The van der Waals surface area contributed by atoms with E-state index in [9.17, 15) is 0 Å². The van der Waals surface area contributed by atoms with Crippen molar-refractivity contribution in [2.24, 2.45) is 11.3 Å². The molecule has 0 radical (unpaired) electrons. The van der Waals surface area contributed by atoms with E-state index in [0.717, 1.165) is 18.6 Å². The fourth-order valence-electron chi connectivity index (χ4n) is 3.49. The van der Waals surface area contributed by atoms with E-state index in [0.29, 0.717) is 5.41 Å². The van der Waals surface area contributed by atoms with Crippen LogP contribution in [-0.4, -0.2) is 26.3 Å². The summed E-state index contributed by atoms with van der Waals surface area (Å²) in [5, 5.41) is 3.80. The Hall–Kier alpha value is -0.0800. The molecule has 1 saturated carbocycles. The van der Waals surface area contributed by atoms with E-state index in [1.54, 1.807) is 7.11 Å². The Morgan fingerprint density at radius 3 is 2.67 bits per heavy atom. The van der Waals surface area contributed by atoms with Crippen LogP contribution in [0.4, 0.5) is 0 Å². The molecule has 0 spiro atoms. The molecule has 0 aromatic carbocycles. The Kier molecular flexibility index (Phi) is 7.25. The molecule has 0 aromatic heterocycles. The summed E-state index contributed by atoms with van der Waals surface area (Å²) >= 11 is 0. The zero-order chi connectivity index (χ0) is 13.4. The number of methoxy groups -OCH3 is 1. The van der Waals surface area contributed by atoms with E-state index >= 15 is 0 Å². The second-order valence-corrected chi connectivity index (χ2v) is 6.54. The molecule has 2 unspecified atom stereocenters. The maximum Gasteiger partial charge on any atom is 0.0462 e. The van der Waals surface area contributed by atoms with Gasteiger partial charge in [0.25, 0.3) is 0 Å². The van der Waals surface area contributed by atoms with Crippen LogP contribution in [0.5, 0.6) is 0 Å². The Morgan fingerprint density at radius 2 is 2.11 bits per heavy atom. The summed E-state index contributed by atoms with van der Waals surface area (Å²) in [7, 11) is 1.80. The fourth-order valence-corrected chi connectivity index (χ4v) is 3.49. The van der Waals surface area contributed by atoms with Gasteiger partial charge in [-0.25, -0.2) is 0 Å². The fraction of sp³-hybridized carbons (Fsp3) is 1.00. The van der Waals surface area contributed by atoms with Crippen molar-refractivity contribution in [1.29, 1.82) is 0 Å². The van der Waals surface area contributed by atoms with E-state index < -0.39 is 0 Å². The first-order chi connectivity index (χ1) is 8.61. The summed E-state index contributed by atoms with van der Waals surface area (Å²) in [6.07, 6.45) is 9.29. The molecule has 0 aliphatic heterocycles. The van der Waals surface area contributed by atoms with Crippen molar-refractivity contribution in [2.75, 3.05) is 20.3 Å². The monoisotopic (exact) mass is 255 g/mol. The Labute approximate surface area is 114 Å². The second kappa shape index (κ2) is 8.16. The number of rotatable bonds is 9. The summed E-state index contributed by atoms with van der Waals surface area (Å²) in [5.74, 6) is 0.867. The van der Waals surface area contributed by atoms with Gasteiger partial charge in [-0.1, -0.05) is 27.2 Å². The van der Waals surface area contributed by atoms with Crippen molar-refractivity contribution < 1.29 is 4.74 Å². The van der Waals surface area contributed by atoms with Gasteiger partial charge in [-0.15, -0.1) is 0 Å². The lowest BCUT2D eigenvalue weighted by Crippen LogP contribution is -2.41. The minimum absolute atomic E-state index is 0.534. The van der Waals surface area contributed by atoms with Gasteiger partial charge in [-0.2, -0.15) is 0 Å². The lowest BCUT2D eigenvalue weighted by Gasteiger charge is -2.35. The smallest absolute Gasteiger partial charge is 0.0462 e. The molecule has 2 atom stereocenters. The van der Waals surface area contributed by atoms with Crippen molar-refractivity contribution >= 4 is 0 Å². The second-order valence-electron chi connectivity index (χ2n) is 6.54. The van der Waals surface area contributed by atoms with Gasteiger partial charge >= 0.3 is 0 Å². The predicted octanol–water partition coefficient (Wildman–Crippen LogP) is 4.00. The SMILES string of the molecule is CCCNC(CCCCOC)C1CCCC1(C)C. The molecule has 0 saturated heterocycles. The normalized spacial score (nSPS) is 24.3. The quantitative estimate of drug-likeness (QED) is 0.629. The molecule has 18 heavy (non-hydrogen) atoms. The Morgan fingerprint density at radius 1 is 1.33 bits per heavy atom. The number of unbranched alkanes of at least 4 members (excludes halogenated alkanes) is 1. The van der Waals surface area contributed by atoms with Crippen LogP contribution in [0.2, 0.25) is 0 Å². The minimum Gasteiger partial charge on any atom is -0.385 e. The van der Waals surface area contributed by atoms with Crippen molar-refractivity contribution in [3.8, 4) is 0 Å². The number of hydrogen-bond acceptors (Lipinski definition) is 2. The van der Waals surface area contributed by atoms with Crippen molar-refractivity contribution in [3.63, 3.8) is 0 Å². The first kappa shape index (κ1) is 16.0. The van der Waals surface area contributed by atoms with Gasteiger partial charge < -0.3 is 10.1 Å². The highest BCUT2D eigenvalue weighted by Gasteiger charge is 2.38. The van der Waals surface area contributed by atoms with Crippen LogP contribution in [0.1, 0.15) is 65.7 Å². The van der Waals surface area contributed by atoms with Gasteiger partial charge in [0.05, 0.1) is 0 Å². The average Bonchev–Trinajstić information content (AvgIpc) is 2.68. The Bertz CT molecular complexity index is 215. The molecule has 0 heterocycles. The molecule has 2 nitrogen and oxygen atoms in total. The van der Waals surface area contributed by atoms with Gasteiger partial charge in [0.2, 0.25) is 0 Å². The van der Waals surface area contributed by atoms with Crippen LogP contribution in [0.15, 0.2) is 0 Å². The average molecular weight is 255 g/mol. The number of nitrogens with one attached hydrogen (secondary N) is 1. The highest BCUT2D eigenvalue weighted by atomic mass is 16.5. The molecule has 1 aliphatic carbocycles. The minimum atomic E-state index is 0.534. The van der Waals surface area contributed by atoms with E-state index in [2.05, 4.69) is 26.1 Å². The van der Waals surface area contributed by atoms with Gasteiger partial charge in [0.15, 0.2) is 0 Å². The van der Waals surface area contributed by atoms with Crippen LogP contribution in [0.3, 0.4) is 0 Å². The van der Waals surface area contributed by atoms with Gasteiger partial charge in [-0.05, 0) is 56.4 Å². The standard InChI is InChI=1S/C16H33NO/c1-5-12-17-15(10-6-7-13-18-4)14-9-8-11-16(14,2)3/h14-15,17H,5-13H2,1-4H3. The zero-order valence-corrected chi connectivity index (χ0v) is 12.9. The number of ether oxygens (including phenoxy) is 1. The maximum absolute atomic E-state index is 5.15. The highest BCUT2D eigenvalue weighted by Crippen LogP contribution is 2.45. The first-order valence-corrected chi connectivity index (χ1v) is 7.84. The first-order valence-electron chi connectivity index (χ1n) is 7.84. The van der Waals surface area contributed by atoms with Gasteiger partial charge in [-0.3, -0.25) is 0 Å². The largest absolute Gasteiger partial charge is 0.385 e. The molecule has 2 heteroatoms. The highest BCUT2D eigenvalue weighted by molar-refractivity contribution is 4.92.